The number of rotatable bonds is 3. The van der Waals surface area contributed by atoms with Crippen molar-refractivity contribution in [3.05, 3.63) is 43.2 Å². The molecule has 7 heteroatoms. The lowest BCUT2D eigenvalue weighted by molar-refractivity contribution is 0.663. The molecule has 0 saturated carbocycles. The van der Waals surface area contributed by atoms with Gasteiger partial charge < -0.3 is 4.98 Å². The SMILES string of the molecule is CCn1nc(C)c2[nH]c(=S)n(Cc3cccs3)c(=O)c21. The molecule has 3 aromatic rings. The fourth-order valence-corrected chi connectivity index (χ4v) is 3.22. The molecule has 0 atom stereocenters. The van der Waals surface area contributed by atoms with Crippen molar-refractivity contribution in [1.29, 1.82) is 0 Å². The Morgan fingerprint density at radius 3 is 2.95 bits per heavy atom. The highest BCUT2D eigenvalue weighted by Gasteiger charge is 2.14. The van der Waals surface area contributed by atoms with Crippen LogP contribution in [0.4, 0.5) is 0 Å². The average molecular weight is 306 g/mol. The average Bonchev–Trinajstić information content (AvgIpc) is 3.03. The first-order valence-electron chi connectivity index (χ1n) is 6.34. The Morgan fingerprint density at radius 1 is 1.50 bits per heavy atom. The van der Waals surface area contributed by atoms with E-state index in [1.165, 1.54) is 0 Å². The Labute approximate surface area is 124 Å². The van der Waals surface area contributed by atoms with Crippen molar-refractivity contribution in [1.82, 2.24) is 19.3 Å². The number of thiophene rings is 1. The number of hydrogen-bond donors (Lipinski definition) is 1. The number of nitrogens with zero attached hydrogens (tertiary/aromatic N) is 3. The van der Waals surface area contributed by atoms with E-state index in [-0.39, 0.29) is 5.56 Å². The molecule has 104 valence electrons. The molecule has 0 saturated heterocycles. The summed E-state index contributed by atoms with van der Waals surface area (Å²) in [5.41, 5.74) is 2.05. The summed E-state index contributed by atoms with van der Waals surface area (Å²) in [5, 5.41) is 6.37. The second-order valence-corrected chi connectivity index (χ2v) is 5.94. The van der Waals surface area contributed by atoms with Gasteiger partial charge in [-0.1, -0.05) is 6.07 Å². The molecule has 20 heavy (non-hydrogen) atoms. The third-order valence-corrected chi connectivity index (χ3v) is 4.43. The topological polar surface area (TPSA) is 55.6 Å². The van der Waals surface area contributed by atoms with Crippen LogP contribution in [0.3, 0.4) is 0 Å². The molecule has 3 rings (SSSR count). The van der Waals surface area contributed by atoms with E-state index < -0.39 is 0 Å². The molecule has 3 heterocycles. The molecule has 3 aromatic heterocycles. The molecule has 0 radical (unpaired) electrons. The van der Waals surface area contributed by atoms with Gasteiger partial charge in [0, 0.05) is 11.4 Å². The van der Waals surface area contributed by atoms with E-state index in [2.05, 4.69) is 10.1 Å². The highest BCUT2D eigenvalue weighted by molar-refractivity contribution is 7.71. The van der Waals surface area contributed by atoms with E-state index >= 15 is 0 Å². The summed E-state index contributed by atoms with van der Waals surface area (Å²) in [6.45, 7) is 5.00. The molecule has 0 fully saturated rings. The summed E-state index contributed by atoms with van der Waals surface area (Å²) in [6, 6.07) is 3.97. The fraction of sp³-hybridized carbons (Fsp3) is 0.308. The van der Waals surface area contributed by atoms with Crippen molar-refractivity contribution < 1.29 is 0 Å². The molecule has 0 aliphatic carbocycles. The first-order chi connectivity index (χ1) is 9.61. The van der Waals surface area contributed by atoms with Crippen LogP contribution in [0.1, 0.15) is 17.5 Å². The predicted octanol–water partition coefficient (Wildman–Crippen LogP) is 2.69. The minimum Gasteiger partial charge on any atom is -0.329 e. The monoisotopic (exact) mass is 306 g/mol. The van der Waals surface area contributed by atoms with Crippen LogP contribution < -0.4 is 5.56 Å². The van der Waals surface area contributed by atoms with Gasteiger partial charge in [0.25, 0.3) is 5.56 Å². The van der Waals surface area contributed by atoms with Crippen molar-refractivity contribution in [2.24, 2.45) is 0 Å². The van der Waals surface area contributed by atoms with Gasteiger partial charge >= 0.3 is 0 Å². The number of nitrogens with one attached hydrogen (secondary N) is 1. The van der Waals surface area contributed by atoms with Gasteiger partial charge in [0.05, 0.1) is 17.8 Å². The van der Waals surface area contributed by atoms with Crippen LogP contribution in [-0.4, -0.2) is 19.3 Å². The van der Waals surface area contributed by atoms with Gasteiger partial charge in [0.15, 0.2) is 10.3 Å². The van der Waals surface area contributed by atoms with Crippen LogP contribution in [0.5, 0.6) is 0 Å². The highest BCUT2D eigenvalue weighted by Crippen LogP contribution is 2.14. The minimum absolute atomic E-state index is 0.0837. The van der Waals surface area contributed by atoms with Crippen molar-refractivity contribution >= 4 is 34.6 Å². The Hall–Kier alpha value is -1.73. The quantitative estimate of drug-likeness (QED) is 0.757. The zero-order valence-electron chi connectivity index (χ0n) is 11.2. The third kappa shape index (κ3) is 2.03. The van der Waals surface area contributed by atoms with Crippen LogP contribution in [-0.2, 0) is 13.1 Å². The molecule has 0 aliphatic rings. The maximum Gasteiger partial charge on any atom is 0.280 e. The summed E-state index contributed by atoms with van der Waals surface area (Å²) >= 11 is 6.93. The number of H-pyrrole nitrogens is 1. The molecule has 0 amide bonds. The molecular formula is C13H14N4OS2. The first kappa shape index (κ1) is 13.3. The van der Waals surface area contributed by atoms with E-state index in [1.807, 2.05) is 31.4 Å². The standard InChI is InChI=1S/C13H14N4OS2/c1-3-17-11-10(8(2)15-17)14-13(19)16(12(11)18)7-9-5-4-6-20-9/h4-6H,3,7H2,1-2H3,(H,14,19). The fourth-order valence-electron chi connectivity index (χ4n) is 2.27. The van der Waals surface area contributed by atoms with E-state index in [1.54, 1.807) is 20.6 Å². The summed E-state index contributed by atoms with van der Waals surface area (Å²) in [7, 11) is 0. The lowest BCUT2D eigenvalue weighted by atomic mass is 10.3. The van der Waals surface area contributed by atoms with Crippen LogP contribution >= 0.6 is 23.6 Å². The number of fused-ring (bicyclic) bond motifs is 1. The van der Waals surface area contributed by atoms with Crippen molar-refractivity contribution in [3.63, 3.8) is 0 Å². The normalized spacial score (nSPS) is 11.3. The van der Waals surface area contributed by atoms with Gasteiger partial charge in [-0.25, -0.2) is 0 Å². The molecule has 0 aromatic carbocycles. The van der Waals surface area contributed by atoms with Crippen LogP contribution in [0.15, 0.2) is 22.3 Å². The number of aromatic nitrogens is 4. The summed E-state index contributed by atoms with van der Waals surface area (Å²) in [6.07, 6.45) is 0. The lowest BCUT2D eigenvalue weighted by Crippen LogP contribution is -2.24. The van der Waals surface area contributed by atoms with Crippen LogP contribution in [0.2, 0.25) is 0 Å². The molecule has 5 nitrogen and oxygen atoms in total. The second kappa shape index (κ2) is 4.99. The zero-order valence-corrected chi connectivity index (χ0v) is 12.8. The van der Waals surface area contributed by atoms with E-state index in [4.69, 9.17) is 12.2 Å². The number of aryl methyl sites for hydroxylation is 2. The van der Waals surface area contributed by atoms with Crippen molar-refractivity contribution in [2.75, 3.05) is 0 Å². The van der Waals surface area contributed by atoms with Crippen LogP contribution in [0, 0.1) is 11.7 Å². The number of aromatic amines is 1. The Balaban J connectivity index is 2.28. The van der Waals surface area contributed by atoms with Gasteiger partial charge in [-0.2, -0.15) is 5.10 Å². The smallest absolute Gasteiger partial charge is 0.280 e. The molecular weight excluding hydrogens is 292 g/mol. The Kier molecular flexibility index (Phi) is 3.31. The van der Waals surface area contributed by atoms with Gasteiger partial charge in [0.2, 0.25) is 0 Å². The van der Waals surface area contributed by atoms with Gasteiger partial charge in [0.1, 0.15) is 0 Å². The molecule has 0 bridgehead atoms. The lowest BCUT2D eigenvalue weighted by Gasteiger charge is -2.06. The van der Waals surface area contributed by atoms with Gasteiger partial charge in [-0.05, 0) is 37.5 Å². The molecule has 0 spiro atoms. The van der Waals surface area contributed by atoms with E-state index in [0.717, 1.165) is 16.1 Å². The minimum atomic E-state index is -0.0837. The number of hydrogen-bond acceptors (Lipinski definition) is 4. The maximum absolute atomic E-state index is 12.7. The zero-order chi connectivity index (χ0) is 14.3. The van der Waals surface area contributed by atoms with Gasteiger partial charge in [-0.15, -0.1) is 11.3 Å². The van der Waals surface area contributed by atoms with Gasteiger partial charge in [-0.3, -0.25) is 14.0 Å². The highest BCUT2D eigenvalue weighted by atomic mass is 32.1. The Bertz CT molecular complexity index is 870. The summed E-state index contributed by atoms with van der Waals surface area (Å²) in [4.78, 5) is 16.9. The van der Waals surface area contributed by atoms with Crippen LogP contribution in [0.25, 0.3) is 11.0 Å². The summed E-state index contributed by atoms with van der Waals surface area (Å²) in [5.74, 6) is 0. The maximum atomic E-state index is 12.7. The second-order valence-electron chi connectivity index (χ2n) is 4.53. The third-order valence-electron chi connectivity index (χ3n) is 3.25. The van der Waals surface area contributed by atoms with Crippen molar-refractivity contribution in [3.8, 4) is 0 Å². The first-order valence-corrected chi connectivity index (χ1v) is 7.63. The predicted molar refractivity (Wildman–Crippen MR) is 83.0 cm³/mol. The molecule has 0 aliphatic heterocycles. The largest absolute Gasteiger partial charge is 0.329 e. The Morgan fingerprint density at radius 2 is 2.30 bits per heavy atom. The van der Waals surface area contributed by atoms with E-state index in [0.29, 0.717) is 23.4 Å². The molecule has 1 N–H and O–H groups in total. The van der Waals surface area contributed by atoms with Crippen molar-refractivity contribution in [2.45, 2.75) is 26.9 Å². The summed E-state index contributed by atoms with van der Waals surface area (Å²) < 4.78 is 3.76. The van der Waals surface area contributed by atoms with E-state index in [9.17, 15) is 4.79 Å². The molecule has 0 unspecified atom stereocenters.